The SMILES string of the molecule is CC1CNNC1C1CCN(C(=O)c2ccnnc2)CC1. The molecule has 6 heteroatoms. The van der Waals surface area contributed by atoms with Crippen LogP contribution in [0.4, 0.5) is 0 Å². The fourth-order valence-electron chi connectivity index (χ4n) is 3.25. The molecule has 2 N–H and O–H groups in total. The van der Waals surface area contributed by atoms with Crippen LogP contribution in [-0.4, -0.2) is 46.7 Å². The highest BCUT2D eigenvalue weighted by Gasteiger charge is 2.34. The number of nitrogens with zero attached hydrogens (tertiary/aromatic N) is 3. The summed E-state index contributed by atoms with van der Waals surface area (Å²) in [4.78, 5) is 14.3. The van der Waals surface area contributed by atoms with Gasteiger partial charge in [0.2, 0.25) is 0 Å². The summed E-state index contributed by atoms with van der Waals surface area (Å²) in [5, 5.41) is 7.48. The summed E-state index contributed by atoms with van der Waals surface area (Å²) in [5.41, 5.74) is 7.25. The number of hydrazine groups is 1. The third-order valence-electron chi connectivity index (χ3n) is 4.47. The van der Waals surface area contributed by atoms with Crippen molar-refractivity contribution in [3.63, 3.8) is 0 Å². The van der Waals surface area contributed by atoms with Gasteiger partial charge in [-0.25, -0.2) is 0 Å². The monoisotopic (exact) mass is 275 g/mol. The molecule has 2 atom stereocenters. The largest absolute Gasteiger partial charge is 0.339 e. The second-order valence-electron chi connectivity index (χ2n) is 5.79. The van der Waals surface area contributed by atoms with Gasteiger partial charge in [0.15, 0.2) is 0 Å². The van der Waals surface area contributed by atoms with E-state index in [2.05, 4.69) is 28.0 Å². The lowest BCUT2D eigenvalue weighted by Crippen LogP contribution is -2.45. The minimum Gasteiger partial charge on any atom is -0.339 e. The molecule has 2 aliphatic rings. The average molecular weight is 275 g/mol. The standard InChI is InChI=1S/C14H21N5O/c1-10-8-17-18-13(10)11-3-6-19(7-4-11)14(20)12-2-5-15-16-9-12/h2,5,9-11,13,17-18H,3-4,6-8H2,1H3. The summed E-state index contributed by atoms with van der Waals surface area (Å²) in [6.45, 7) is 4.97. The third kappa shape index (κ3) is 2.66. The van der Waals surface area contributed by atoms with Crippen LogP contribution in [0.15, 0.2) is 18.5 Å². The van der Waals surface area contributed by atoms with Crippen molar-refractivity contribution in [3.05, 3.63) is 24.0 Å². The van der Waals surface area contributed by atoms with E-state index in [1.54, 1.807) is 18.5 Å². The highest BCUT2D eigenvalue weighted by molar-refractivity contribution is 5.93. The van der Waals surface area contributed by atoms with Crippen molar-refractivity contribution >= 4 is 5.91 Å². The third-order valence-corrected chi connectivity index (χ3v) is 4.47. The molecule has 1 aromatic heterocycles. The van der Waals surface area contributed by atoms with Gasteiger partial charge in [-0.1, -0.05) is 6.92 Å². The lowest BCUT2D eigenvalue weighted by Gasteiger charge is -2.35. The summed E-state index contributed by atoms with van der Waals surface area (Å²) < 4.78 is 0. The maximum Gasteiger partial charge on any atom is 0.255 e. The summed E-state index contributed by atoms with van der Waals surface area (Å²) >= 11 is 0. The molecule has 1 amide bonds. The van der Waals surface area contributed by atoms with E-state index in [-0.39, 0.29) is 5.91 Å². The van der Waals surface area contributed by atoms with Crippen molar-refractivity contribution in [2.24, 2.45) is 11.8 Å². The van der Waals surface area contributed by atoms with Crippen LogP contribution in [0.1, 0.15) is 30.1 Å². The number of amides is 1. The first kappa shape index (κ1) is 13.5. The number of aromatic nitrogens is 2. The Labute approximate surface area is 118 Å². The molecule has 20 heavy (non-hydrogen) atoms. The van der Waals surface area contributed by atoms with Crippen LogP contribution in [-0.2, 0) is 0 Å². The Morgan fingerprint density at radius 2 is 2.15 bits per heavy atom. The van der Waals surface area contributed by atoms with E-state index in [1.807, 2.05) is 4.90 Å². The van der Waals surface area contributed by atoms with Gasteiger partial charge in [-0.3, -0.25) is 15.6 Å². The second-order valence-corrected chi connectivity index (χ2v) is 5.79. The smallest absolute Gasteiger partial charge is 0.255 e. The Bertz CT molecular complexity index is 458. The van der Waals surface area contributed by atoms with Crippen molar-refractivity contribution in [1.82, 2.24) is 25.9 Å². The zero-order valence-corrected chi connectivity index (χ0v) is 11.7. The number of hydrogen-bond donors (Lipinski definition) is 2. The van der Waals surface area contributed by atoms with Crippen LogP contribution in [0, 0.1) is 11.8 Å². The number of carbonyl (C=O) groups excluding carboxylic acids is 1. The molecular formula is C14H21N5O. The highest BCUT2D eigenvalue weighted by atomic mass is 16.2. The van der Waals surface area contributed by atoms with Crippen molar-refractivity contribution < 1.29 is 4.79 Å². The average Bonchev–Trinajstić information content (AvgIpc) is 2.94. The molecule has 0 saturated carbocycles. The van der Waals surface area contributed by atoms with Gasteiger partial charge in [-0.2, -0.15) is 10.2 Å². The predicted octanol–water partition coefficient (Wildman–Crippen LogP) is 0.441. The van der Waals surface area contributed by atoms with Crippen LogP contribution in [0.5, 0.6) is 0 Å². The molecule has 2 unspecified atom stereocenters. The molecular weight excluding hydrogens is 254 g/mol. The van der Waals surface area contributed by atoms with Crippen LogP contribution in [0.2, 0.25) is 0 Å². The molecule has 0 bridgehead atoms. The zero-order chi connectivity index (χ0) is 13.9. The maximum absolute atomic E-state index is 12.3. The Morgan fingerprint density at radius 3 is 2.75 bits per heavy atom. The molecule has 2 fully saturated rings. The van der Waals surface area contributed by atoms with E-state index in [0.717, 1.165) is 32.5 Å². The lowest BCUT2D eigenvalue weighted by molar-refractivity contribution is 0.0665. The van der Waals surface area contributed by atoms with Crippen molar-refractivity contribution in [1.29, 1.82) is 0 Å². The quantitative estimate of drug-likeness (QED) is 0.819. The van der Waals surface area contributed by atoms with Crippen LogP contribution in [0.3, 0.4) is 0 Å². The summed E-state index contributed by atoms with van der Waals surface area (Å²) in [5.74, 6) is 1.38. The molecule has 6 nitrogen and oxygen atoms in total. The molecule has 3 heterocycles. The molecule has 0 aliphatic carbocycles. The topological polar surface area (TPSA) is 70.2 Å². The Balaban J connectivity index is 1.57. The Kier molecular flexibility index (Phi) is 3.93. The number of rotatable bonds is 2. The molecule has 0 radical (unpaired) electrons. The van der Waals surface area contributed by atoms with Gasteiger partial charge in [0.05, 0.1) is 18.0 Å². The van der Waals surface area contributed by atoms with Crippen molar-refractivity contribution in [2.45, 2.75) is 25.8 Å². The van der Waals surface area contributed by atoms with E-state index in [4.69, 9.17) is 0 Å². The molecule has 2 aliphatic heterocycles. The normalized spacial score (nSPS) is 27.8. The zero-order valence-electron chi connectivity index (χ0n) is 11.7. The van der Waals surface area contributed by atoms with Gasteiger partial charge < -0.3 is 4.90 Å². The number of hydrogen-bond acceptors (Lipinski definition) is 5. The summed E-state index contributed by atoms with van der Waals surface area (Å²) in [6, 6.07) is 2.27. The molecule has 0 aromatic carbocycles. The van der Waals surface area contributed by atoms with Crippen LogP contribution >= 0.6 is 0 Å². The first-order chi connectivity index (χ1) is 9.75. The van der Waals surface area contributed by atoms with Gasteiger partial charge in [0, 0.05) is 25.7 Å². The Morgan fingerprint density at radius 1 is 1.35 bits per heavy atom. The van der Waals surface area contributed by atoms with Crippen LogP contribution in [0.25, 0.3) is 0 Å². The highest BCUT2D eigenvalue weighted by Crippen LogP contribution is 2.26. The first-order valence-electron chi connectivity index (χ1n) is 7.30. The fraction of sp³-hybridized carbons (Fsp3) is 0.643. The number of likely N-dealkylation sites (tertiary alicyclic amines) is 1. The second kappa shape index (κ2) is 5.85. The summed E-state index contributed by atoms with van der Waals surface area (Å²) in [6.07, 6.45) is 5.23. The van der Waals surface area contributed by atoms with E-state index in [1.165, 1.54) is 0 Å². The lowest BCUT2D eigenvalue weighted by atomic mass is 9.84. The first-order valence-corrected chi connectivity index (χ1v) is 7.30. The molecule has 108 valence electrons. The van der Waals surface area contributed by atoms with Crippen LogP contribution < -0.4 is 10.9 Å². The van der Waals surface area contributed by atoms with Gasteiger partial charge in [-0.05, 0) is 30.7 Å². The van der Waals surface area contributed by atoms with Gasteiger partial charge in [-0.15, -0.1) is 0 Å². The van der Waals surface area contributed by atoms with Gasteiger partial charge >= 0.3 is 0 Å². The number of piperidine rings is 1. The predicted molar refractivity (Wildman–Crippen MR) is 74.7 cm³/mol. The van der Waals surface area contributed by atoms with Crippen molar-refractivity contribution in [2.75, 3.05) is 19.6 Å². The summed E-state index contributed by atoms with van der Waals surface area (Å²) in [7, 11) is 0. The molecule has 2 saturated heterocycles. The minimum atomic E-state index is 0.0731. The minimum absolute atomic E-state index is 0.0731. The van der Waals surface area contributed by atoms with Crippen molar-refractivity contribution in [3.8, 4) is 0 Å². The van der Waals surface area contributed by atoms with E-state index in [9.17, 15) is 4.79 Å². The molecule has 1 aromatic rings. The maximum atomic E-state index is 12.3. The Hall–Kier alpha value is -1.53. The number of carbonyl (C=O) groups is 1. The van der Waals surface area contributed by atoms with E-state index in [0.29, 0.717) is 23.4 Å². The molecule has 0 spiro atoms. The van der Waals surface area contributed by atoms with E-state index >= 15 is 0 Å². The molecule has 3 rings (SSSR count). The van der Waals surface area contributed by atoms with Gasteiger partial charge in [0.1, 0.15) is 0 Å². The van der Waals surface area contributed by atoms with Gasteiger partial charge in [0.25, 0.3) is 5.91 Å². The fourth-order valence-corrected chi connectivity index (χ4v) is 3.25. The van der Waals surface area contributed by atoms with E-state index < -0.39 is 0 Å². The number of nitrogens with one attached hydrogen (secondary N) is 2.